The first-order chi connectivity index (χ1) is 8.09. The third-order valence-corrected chi connectivity index (χ3v) is 3.39. The van der Waals surface area contributed by atoms with E-state index in [1.54, 1.807) is 9.58 Å². The number of aromatic nitrogens is 2. The van der Waals surface area contributed by atoms with Crippen molar-refractivity contribution in [2.45, 2.75) is 12.3 Å². The summed E-state index contributed by atoms with van der Waals surface area (Å²) in [6.45, 7) is 1.77. The topological polar surface area (TPSA) is 50.2 Å². The van der Waals surface area contributed by atoms with Crippen LogP contribution in [0.25, 0.3) is 0 Å². The molecular weight excluding hydrogens is 216 g/mol. The zero-order valence-corrected chi connectivity index (χ0v) is 10.7. The van der Waals surface area contributed by atoms with Crippen LogP contribution in [0.2, 0.25) is 0 Å². The normalized spacial score (nSPS) is 24.6. The fraction of sp³-hybridized carbons (Fsp3) is 0.667. The summed E-state index contributed by atoms with van der Waals surface area (Å²) in [5.41, 5.74) is 1.15. The predicted molar refractivity (Wildman–Crippen MR) is 65.6 cm³/mol. The molecular formula is C12H20N4O. The van der Waals surface area contributed by atoms with Gasteiger partial charge in [0.2, 0.25) is 5.91 Å². The quantitative estimate of drug-likeness (QED) is 0.798. The molecule has 2 heterocycles. The van der Waals surface area contributed by atoms with Crippen LogP contribution < -0.4 is 5.32 Å². The summed E-state index contributed by atoms with van der Waals surface area (Å²) in [6.07, 6.45) is 4.78. The van der Waals surface area contributed by atoms with E-state index in [4.69, 9.17) is 0 Å². The minimum absolute atomic E-state index is 0.0791. The molecule has 1 aromatic rings. The molecule has 94 valence electrons. The highest BCUT2D eigenvalue weighted by atomic mass is 16.2. The summed E-state index contributed by atoms with van der Waals surface area (Å²) in [7, 11) is 5.55. The molecule has 5 heteroatoms. The van der Waals surface area contributed by atoms with Gasteiger partial charge >= 0.3 is 0 Å². The fourth-order valence-electron chi connectivity index (χ4n) is 2.47. The lowest BCUT2D eigenvalue weighted by atomic mass is 9.82. The van der Waals surface area contributed by atoms with E-state index in [1.807, 2.05) is 33.5 Å². The molecule has 1 N–H and O–H groups in total. The van der Waals surface area contributed by atoms with Crippen molar-refractivity contribution in [3.05, 3.63) is 18.0 Å². The van der Waals surface area contributed by atoms with Crippen molar-refractivity contribution in [3.63, 3.8) is 0 Å². The lowest BCUT2D eigenvalue weighted by molar-refractivity contribution is -0.134. The first kappa shape index (κ1) is 12.1. The Morgan fingerprint density at radius 1 is 1.59 bits per heavy atom. The van der Waals surface area contributed by atoms with E-state index < -0.39 is 0 Å². The Hall–Kier alpha value is -1.36. The maximum Gasteiger partial charge on any atom is 0.225 e. The van der Waals surface area contributed by atoms with E-state index in [-0.39, 0.29) is 17.7 Å². The summed E-state index contributed by atoms with van der Waals surface area (Å²) < 4.78 is 1.79. The van der Waals surface area contributed by atoms with E-state index in [0.29, 0.717) is 0 Å². The van der Waals surface area contributed by atoms with Gasteiger partial charge in [0.25, 0.3) is 0 Å². The smallest absolute Gasteiger partial charge is 0.225 e. The SMILES string of the molecule is CN(C)C(=O)[C@@H]1CCNC[C@@H]1c1cnn(C)c1. The number of carbonyl (C=O) groups is 1. The van der Waals surface area contributed by atoms with E-state index >= 15 is 0 Å². The lowest BCUT2D eigenvalue weighted by Gasteiger charge is -2.32. The van der Waals surface area contributed by atoms with E-state index in [2.05, 4.69) is 10.4 Å². The molecule has 0 saturated carbocycles. The van der Waals surface area contributed by atoms with Gasteiger partial charge in [-0.1, -0.05) is 0 Å². The van der Waals surface area contributed by atoms with Crippen LogP contribution in [0.5, 0.6) is 0 Å². The minimum atomic E-state index is 0.0791. The summed E-state index contributed by atoms with van der Waals surface area (Å²) in [5, 5.41) is 7.55. The van der Waals surface area contributed by atoms with E-state index in [1.165, 1.54) is 0 Å². The molecule has 1 fully saturated rings. The molecule has 0 unspecified atom stereocenters. The number of nitrogens with zero attached hydrogens (tertiary/aromatic N) is 3. The number of rotatable bonds is 2. The van der Waals surface area contributed by atoms with Gasteiger partial charge in [-0.3, -0.25) is 9.48 Å². The van der Waals surface area contributed by atoms with Crippen molar-refractivity contribution in [2.24, 2.45) is 13.0 Å². The van der Waals surface area contributed by atoms with Gasteiger partial charge in [-0.15, -0.1) is 0 Å². The first-order valence-electron chi connectivity index (χ1n) is 6.00. The average Bonchev–Trinajstić information content (AvgIpc) is 2.74. The number of aryl methyl sites for hydroxylation is 1. The maximum absolute atomic E-state index is 12.2. The molecule has 17 heavy (non-hydrogen) atoms. The molecule has 1 aliphatic rings. The second-order valence-corrected chi connectivity index (χ2v) is 4.89. The summed E-state index contributed by atoms with van der Waals surface area (Å²) in [4.78, 5) is 13.9. The van der Waals surface area contributed by atoms with Crippen molar-refractivity contribution in [1.29, 1.82) is 0 Å². The molecule has 1 saturated heterocycles. The molecule has 5 nitrogen and oxygen atoms in total. The average molecular weight is 236 g/mol. The van der Waals surface area contributed by atoms with Crippen molar-refractivity contribution in [1.82, 2.24) is 20.0 Å². The minimum Gasteiger partial charge on any atom is -0.349 e. The van der Waals surface area contributed by atoms with Gasteiger partial charge in [-0.05, 0) is 18.5 Å². The van der Waals surface area contributed by atoms with Gasteiger partial charge < -0.3 is 10.2 Å². The van der Waals surface area contributed by atoms with Crippen LogP contribution in [0.4, 0.5) is 0 Å². The highest BCUT2D eigenvalue weighted by molar-refractivity contribution is 5.79. The molecule has 0 aliphatic carbocycles. The second kappa shape index (κ2) is 4.87. The van der Waals surface area contributed by atoms with Gasteiger partial charge in [-0.2, -0.15) is 5.10 Å². The van der Waals surface area contributed by atoms with Crippen molar-refractivity contribution in [3.8, 4) is 0 Å². The van der Waals surface area contributed by atoms with Crippen LogP contribution >= 0.6 is 0 Å². The maximum atomic E-state index is 12.2. The van der Waals surface area contributed by atoms with Gasteiger partial charge in [0.05, 0.1) is 6.20 Å². The zero-order chi connectivity index (χ0) is 12.4. The van der Waals surface area contributed by atoms with Crippen LogP contribution in [-0.4, -0.2) is 47.8 Å². The fourth-order valence-corrected chi connectivity index (χ4v) is 2.47. The van der Waals surface area contributed by atoms with Crippen LogP contribution in [0.15, 0.2) is 12.4 Å². The van der Waals surface area contributed by atoms with Crippen molar-refractivity contribution >= 4 is 5.91 Å². The van der Waals surface area contributed by atoms with Gasteiger partial charge in [0.1, 0.15) is 0 Å². The largest absolute Gasteiger partial charge is 0.349 e. The van der Waals surface area contributed by atoms with Crippen LogP contribution in [0, 0.1) is 5.92 Å². The number of hydrogen-bond donors (Lipinski definition) is 1. The highest BCUT2D eigenvalue weighted by Gasteiger charge is 2.33. The van der Waals surface area contributed by atoms with Gasteiger partial charge in [0.15, 0.2) is 0 Å². The predicted octanol–water partition coefficient (Wildman–Crippen LogP) is 0.201. The van der Waals surface area contributed by atoms with E-state index in [9.17, 15) is 4.79 Å². The Balaban J connectivity index is 2.20. The summed E-state index contributed by atoms with van der Waals surface area (Å²) in [5.74, 6) is 0.545. The molecule has 0 radical (unpaired) electrons. The summed E-state index contributed by atoms with van der Waals surface area (Å²) >= 11 is 0. The van der Waals surface area contributed by atoms with Crippen LogP contribution in [0.1, 0.15) is 17.9 Å². The highest BCUT2D eigenvalue weighted by Crippen LogP contribution is 2.30. The Morgan fingerprint density at radius 2 is 2.35 bits per heavy atom. The van der Waals surface area contributed by atoms with Crippen LogP contribution in [-0.2, 0) is 11.8 Å². The third kappa shape index (κ3) is 2.49. The Bertz CT molecular complexity index is 399. The molecule has 1 amide bonds. The molecule has 0 spiro atoms. The molecule has 2 atom stereocenters. The number of carbonyl (C=O) groups excluding carboxylic acids is 1. The third-order valence-electron chi connectivity index (χ3n) is 3.39. The number of piperidine rings is 1. The van der Waals surface area contributed by atoms with Gasteiger partial charge in [0, 0.05) is 45.7 Å². The molecule has 2 rings (SSSR count). The monoisotopic (exact) mass is 236 g/mol. The van der Waals surface area contributed by atoms with Crippen LogP contribution in [0.3, 0.4) is 0 Å². The molecule has 1 aromatic heterocycles. The van der Waals surface area contributed by atoms with E-state index in [0.717, 1.165) is 25.1 Å². The number of hydrogen-bond acceptors (Lipinski definition) is 3. The Labute approximate surface area is 102 Å². The van der Waals surface area contributed by atoms with Crippen molar-refractivity contribution < 1.29 is 4.79 Å². The lowest BCUT2D eigenvalue weighted by Crippen LogP contribution is -2.42. The Kier molecular flexibility index (Phi) is 3.47. The first-order valence-corrected chi connectivity index (χ1v) is 6.00. The number of amides is 1. The van der Waals surface area contributed by atoms with Crippen molar-refractivity contribution in [2.75, 3.05) is 27.2 Å². The molecule has 0 aromatic carbocycles. The second-order valence-electron chi connectivity index (χ2n) is 4.89. The molecule has 0 bridgehead atoms. The standard InChI is InChI=1S/C12H20N4O/c1-15(2)12(17)10-4-5-13-7-11(10)9-6-14-16(3)8-9/h6,8,10-11,13H,4-5,7H2,1-3H3/t10-,11-/m1/s1. The molecule has 1 aliphatic heterocycles. The Morgan fingerprint density at radius 3 is 2.94 bits per heavy atom. The number of nitrogens with one attached hydrogen (secondary N) is 1. The summed E-state index contributed by atoms with van der Waals surface area (Å²) in [6, 6.07) is 0. The zero-order valence-electron chi connectivity index (χ0n) is 10.7. The van der Waals surface area contributed by atoms with Gasteiger partial charge in [-0.25, -0.2) is 0 Å².